The quantitative estimate of drug-likeness (QED) is 0.657. The van der Waals surface area contributed by atoms with E-state index in [0.717, 1.165) is 5.56 Å². The Kier molecular flexibility index (Phi) is 5.54. The van der Waals surface area contributed by atoms with E-state index < -0.39 is 5.97 Å². The lowest BCUT2D eigenvalue weighted by atomic mass is 10.2. The molecule has 114 valence electrons. The van der Waals surface area contributed by atoms with Gasteiger partial charge in [0.2, 0.25) is 5.43 Å². The lowest BCUT2D eigenvalue weighted by Gasteiger charge is -2.05. The van der Waals surface area contributed by atoms with Crippen molar-refractivity contribution in [2.75, 3.05) is 6.61 Å². The number of aromatic nitrogens is 1. The number of H-pyrrole nitrogens is 1. The number of benzene rings is 1. The van der Waals surface area contributed by atoms with E-state index in [1.165, 1.54) is 24.4 Å². The third-order valence-corrected chi connectivity index (χ3v) is 2.82. The number of hydrogen-bond donors (Lipinski definition) is 1. The number of ether oxygens (including phenoxy) is 2. The normalized spacial score (nSPS) is 10.6. The Labute approximate surface area is 128 Å². The maximum absolute atomic E-state index is 11.9. The molecule has 1 N–H and O–H groups in total. The molecule has 0 bridgehead atoms. The second-order valence-corrected chi connectivity index (χ2v) is 4.48. The van der Waals surface area contributed by atoms with Crippen molar-refractivity contribution in [2.45, 2.75) is 13.5 Å². The summed E-state index contributed by atoms with van der Waals surface area (Å²) in [6.07, 6.45) is 4.23. The molecule has 5 nitrogen and oxygen atoms in total. The fourth-order valence-corrected chi connectivity index (χ4v) is 1.77. The standard InChI is InChI=1S/C17H17NO4/c1-2-21-17(20)9-8-14-10-15(19)16(11-18-14)22-12-13-6-4-3-5-7-13/h3-11H,2,12H2,1H3,(H,18,19). The van der Waals surface area contributed by atoms with Gasteiger partial charge in [-0.1, -0.05) is 30.3 Å². The topological polar surface area (TPSA) is 68.4 Å². The predicted octanol–water partition coefficient (Wildman–Crippen LogP) is 2.53. The number of carbonyl (C=O) groups is 1. The highest BCUT2D eigenvalue weighted by Crippen LogP contribution is 2.07. The molecule has 1 heterocycles. The molecule has 0 aliphatic rings. The number of rotatable bonds is 6. The van der Waals surface area contributed by atoms with Gasteiger partial charge in [-0.2, -0.15) is 0 Å². The van der Waals surface area contributed by atoms with E-state index in [4.69, 9.17) is 9.47 Å². The van der Waals surface area contributed by atoms with Gasteiger partial charge in [0.15, 0.2) is 5.75 Å². The summed E-state index contributed by atoms with van der Waals surface area (Å²) in [6.45, 7) is 2.36. The highest BCUT2D eigenvalue weighted by molar-refractivity contribution is 5.86. The second-order valence-electron chi connectivity index (χ2n) is 4.48. The number of pyridine rings is 1. The summed E-state index contributed by atoms with van der Waals surface area (Å²) in [6, 6.07) is 10.9. The molecular weight excluding hydrogens is 282 g/mol. The van der Waals surface area contributed by atoms with Crippen LogP contribution in [0.4, 0.5) is 0 Å². The number of esters is 1. The van der Waals surface area contributed by atoms with Gasteiger partial charge in [0.1, 0.15) is 6.61 Å². The van der Waals surface area contributed by atoms with Gasteiger partial charge in [-0.05, 0) is 18.6 Å². The van der Waals surface area contributed by atoms with Crippen molar-refractivity contribution in [3.05, 3.63) is 70.2 Å². The number of carbonyl (C=O) groups excluding carboxylic acids is 1. The van der Waals surface area contributed by atoms with Gasteiger partial charge < -0.3 is 14.5 Å². The first-order valence-corrected chi connectivity index (χ1v) is 6.93. The Hall–Kier alpha value is -2.82. The Bertz CT molecular complexity index is 704. The maximum Gasteiger partial charge on any atom is 0.330 e. The van der Waals surface area contributed by atoms with Crippen LogP contribution in [0.2, 0.25) is 0 Å². The molecule has 1 aromatic heterocycles. The molecule has 0 radical (unpaired) electrons. The van der Waals surface area contributed by atoms with Crippen molar-refractivity contribution < 1.29 is 14.3 Å². The molecule has 0 spiro atoms. The van der Waals surface area contributed by atoms with Gasteiger partial charge in [0, 0.05) is 24.0 Å². The van der Waals surface area contributed by atoms with Crippen molar-refractivity contribution in [1.82, 2.24) is 4.98 Å². The van der Waals surface area contributed by atoms with E-state index in [-0.39, 0.29) is 11.2 Å². The van der Waals surface area contributed by atoms with Gasteiger partial charge in [-0.3, -0.25) is 4.79 Å². The van der Waals surface area contributed by atoms with Gasteiger partial charge >= 0.3 is 5.97 Å². The minimum Gasteiger partial charge on any atom is -0.483 e. The van der Waals surface area contributed by atoms with Gasteiger partial charge in [0.25, 0.3) is 0 Å². The van der Waals surface area contributed by atoms with Crippen molar-refractivity contribution >= 4 is 12.0 Å². The molecule has 2 aromatic rings. The second kappa shape index (κ2) is 7.83. The van der Waals surface area contributed by atoms with Crippen LogP contribution in [0.15, 0.2) is 53.5 Å². The first-order chi connectivity index (χ1) is 10.7. The van der Waals surface area contributed by atoms with Gasteiger partial charge in [-0.15, -0.1) is 0 Å². The first-order valence-electron chi connectivity index (χ1n) is 6.93. The highest BCUT2D eigenvalue weighted by atomic mass is 16.5. The lowest BCUT2D eigenvalue weighted by Crippen LogP contribution is -2.08. The molecule has 0 aliphatic carbocycles. The van der Waals surface area contributed by atoms with Crippen LogP contribution >= 0.6 is 0 Å². The zero-order valence-corrected chi connectivity index (χ0v) is 12.2. The number of aromatic amines is 1. The molecule has 0 amide bonds. The summed E-state index contributed by atoms with van der Waals surface area (Å²) in [5.41, 5.74) is 1.23. The Balaban J connectivity index is 2.00. The molecular formula is C17H17NO4. The Morgan fingerprint density at radius 2 is 2.05 bits per heavy atom. The third kappa shape index (κ3) is 4.63. The monoisotopic (exact) mass is 299 g/mol. The smallest absolute Gasteiger partial charge is 0.330 e. The largest absolute Gasteiger partial charge is 0.483 e. The molecule has 22 heavy (non-hydrogen) atoms. The molecule has 0 atom stereocenters. The van der Waals surface area contributed by atoms with Gasteiger partial charge in [0.05, 0.1) is 6.61 Å². The zero-order chi connectivity index (χ0) is 15.8. The predicted molar refractivity (Wildman–Crippen MR) is 83.5 cm³/mol. The van der Waals surface area contributed by atoms with E-state index in [0.29, 0.717) is 18.9 Å². The number of nitrogens with one attached hydrogen (secondary N) is 1. The van der Waals surface area contributed by atoms with Crippen LogP contribution in [0.3, 0.4) is 0 Å². The summed E-state index contributed by atoms with van der Waals surface area (Å²) >= 11 is 0. The zero-order valence-electron chi connectivity index (χ0n) is 12.2. The van der Waals surface area contributed by atoms with E-state index in [2.05, 4.69) is 4.98 Å². The van der Waals surface area contributed by atoms with Crippen LogP contribution in [0.5, 0.6) is 5.75 Å². The maximum atomic E-state index is 11.9. The molecule has 1 aromatic carbocycles. The van der Waals surface area contributed by atoms with Crippen molar-refractivity contribution in [3.8, 4) is 5.75 Å². The Morgan fingerprint density at radius 3 is 2.73 bits per heavy atom. The summed E-state index contributed by atoms with van der Waals surface area (Å²) < 4.78 is 10.2. The van der Waals surface area contributed by atoms with Crippen molar-refractivity contribution in [1.29, 1.82) is 0 Å². The summed E-state index contributed by atoms with van der Waals surface area (Å²) in [5, 5.41) is 0. The first kappa shape index (κ1) is 15.6. The van der Waals surface area contributed by atoms with Crippen molar-refractivity contribution in [2.24, 2.45) is 0 Å². The molecule has 0 saturated carbocycles. The fraction of sp³-hybridized carbons (Fsp3) is 0.176. The van der Waals surface area contributed by atoms with Crippen LogP contribution in [-0.4, -0.2) is 17.6 Å². The minimum absolute atomic E-state index is 0.233. The highest BCUT2D eigenvalue weighted by Gasteiger charge is 2.02. The SMILES string of the molecule is CCOC(=O)C=Cc1cc(=O)c(OCc2ccccc2)c[nH]1. The van der Waals surface area contributed by atoms with Crippen molar-refractivity contribution in [3.63, 3.8) is 0 Å². The average molecular weight is 299 g/mol. The average Bonchev–Trinajstić information content (AvgIpc) is 2.53. The summed E-state index contributed by atoms with van der Waals surface area (Å²) in [5.74, 6) is -0.218. The minimum atomic E-state index is -0.451. The number of hydrogen-bond acceptors (Lipinski definition) is 4. The fourth-order valence-electron chi connectivity index (χ4n) is 1.77. The van der Waals surface area contributed by atoms with Crippen LogP contribution in [0, 0.1) is 0 Å². The van der Waals surface area contributed by atoms with Crippen LogP contribution < -0.4 is 10.2 Å². The molecule has 0 saturated heterocycles. The third-order valence-electron chi connectivity index (χ3n) is 2.82. The van der Waals surface area contributed by atoms with Crippen LogP contribution in [0.25, 0.3) is 6.08 Å². The summed E-state index contributed by atoms with van der Waals surface area (Å²) in [4.78, 5) is 26.0. The van der Waals surface area contributed by atoms with Gasteiger partial charge in [-0.25, -0.2) is 4.79 Å². The molecule has 5 heteroatoms. The molecule has 0 aliphatic heterocycles. The summed E-state index contributed by atoms with van der Waals surface area (Å²) in [7, 11) is 0. The van der Waals surface area contributed by atoms with Crippen LogP contribution in [0.1, 0.15) is 18.2 Å². The van der Waals surface area contributed by atoms with E-state index in [9.17, 15) is 9.59 Å². The Morgan fingerprint density at radius 1 is 1.27 bits per heavy atom. The molecule has 0 unspecified atom stereocenters. The van der Waals surface area contributed by atoms with E-state index in [1.54, 1.807) is 6.92 Å². The van der Waals surface area contributed by atoms with Crippen LogP contribution in [-0.2, 0) is 16.1 Å². The van der Waals surface area contributed by atoms with E-state index in [1.807, 2.05) is 30.3 Å². The lowest BCUT2D eigenvalue weighted by molar-refractivity contribution is -0.137. The molecule has 2 rings (SSSR count). The molecule has 0 fully saturated rings. The van der Waals surface area contributed by atoms with E-state index >= 15 is 0 Å².